The average molecular weight is 293 g/mol. The lowest BCUT2D eigenvalue weighted by Gasteiger charge is -2.17. The van der Waals surface area contributed by atoms with Gasteiger partial charge in [0, 0.05) is 0 Å². The smallest absolute Gasteiger partial charge is 0.142 e. The molecule has 0 bridgehead atoms. The van der Waals surface area contributed by atoms with E-state index in [9.17, 15) is 4.39 Å². The molecule has 0 aliphatic carbocycles. The maximum Gasteiger partial charge on any atom is 0.142 e. The third kappa shape index (κ3) is 3.37. The molecule has 0 amide bonds. The highest BCUT2D eigenvalue weighted by atomic mass is 35.5. The summed E-state index contributed by atoms with van der Waals surface area (Å²) in [7, 11) is 0. The van der Waals surface area contributed by atoms with Crippen LogP contribution in [0.15, 0.2) is 42.5 Å². The molecule has 106 valence electrons. The molecule has 1 unspecified atom stereocenters. The van der Waals surface area contributed by atoms with Crippen LogP contribution in [0, 0.1) is 5.82 Å². The molecule has 0 spiro atoms. The monoisotopic (exact) mass is 292 g/mol. The molecule has 0 aliphatic heterocycles. The molecule has 0 fully saturated rings. The van der Waals surface area contributed by atoms with E-state index in [1.165, 1.54) is 11.6 Å². The maximum atomic E-state index is 13.5. The first-order valence-electron chi connectivity index (χ1n) is 6.63. The van der Waals surface area contributed by atoms with E-state index in [4.69, 9.17) is 17.4 Å². The summed E-state index contributed by atoms with van der Waals surface area (Å²) < 4.78 is 13.5. The zero-order valence-corrected chi connectivity index (χ0v) is 12.1. The van der Waals surface area contributed by atoms with Gasteiger partial charge in [0.25, 0.3) is 0 Å². The molecule has 0 aliphatic rings. The molecule has 20 heavy (non-hydrogen) atoms. The van der Waals surface area contributed by atoms with Gasteiger partial charge < -0.3 is 0 Å². The number of hydrazine groups is 1. The van der Waals surface area contributed by atoms with Crippen LogP contribution in [0.1, 0.15) is 29.7 Å². The molecule has 2 aromatic rings. The standard InChI is InChI=1S/C16H18ClFN2/c1-2-11-6-8-12(9-7-11)15(20-19)10-13-4-3-5-14(18)16(13)17/h3-9,15,20H,2,10,19H2,1H3. The van der Waals surface area contributed by atoms with Crippen molar-refractivity contribution in [3.8, 4) is 0 Å². The quantitative estimate of drug-likeness (QED) is 0.650. The Morgan fingerprint density at radius 1 is 1.20 bits per heavy atom. The SMILES string of the molecule is CCc1ccc(C(Cc2cccc(F)c2Cl)NN)cc1. The van der Waals surface area contributed by atoms with Gasteiger partial charge in [-0.2, -0.15) is 0 Å². The zero-order valence-electron chi connectivity index (χ0n) is 11.4. The molecule has 0 saturated carbocycles. The van der Waals surface area contributed by atoms with Gasteiger partial charge in [-0.1, -0.05) is 54.9 Å². The van der Waals surface area contributed by atoms with Crippen molar-refractivity contribution in [2.45, 2.75) is 25.8 Å². The van der Waals surface area contributed by atoms with Crippen molar-refractivity contribution in [2.24, 2.45) is 5.84 Å². The van der Waals surface area contributed by atoms with Crippen LogP contribution in [0.2, 0.25) is 5.02 Å². The van der Waals surface area contributed by atoms with Gasteiger partial charge in [-0.25, -0.2) is 4.39 Å². The number of hydrogen-bond acceptors (Lipinski definition) is 2. The number of aryl methyl sites for hydroxylation is 1. The van der Waals surface area contributed by atoms with Gasteiger partial charge in [-0.15, -0.1) is 0 Å². The van der Waals surface area contributed by atoms with Gasteiger partial charge in [0.1, 0.15) is 5.82 Å². The van der Waals surface area contributed by atoms with Crippen molar-refractivity contribution in [3.63, 3.8) is 0 Å². The molecule has 0 radical (unpaired) electrons. The first kappa shape index (κ1) is 15.0. The summed E-state index contributed by atoms with van der Waals surface area (Å²) in [6.45, 7) is 2.11. The Hall–Kier alpha value is -1.42. The van der Waals surface area contributed by atoms with Crippen LogP contribution in [-0.2, 0) is 12.8 Å². The maximum absolute atomic E-state index is 13.5. The zero-order chi connectivity index (χ0) is 14.5. The van der Waals surface area contributed by atoms with Gasteiger partial charge in [0.05, 0.1) is 11.1 Å². The fraction of sp³-hybridized carbons (Fsp3) is 0.250. The fourth-order valence-electron chi connectivity index (χ4n) is 2.18. The van der Waals surface area contributed by atoms with Crippen LogP contribution in [0.3, 0.4) is 0 Å². The molecule has 4 heteroatoms. The van der Waals surface area contributed by atoms with Gasteiger partial charge in [-0.05, 0) is 35.6 Å². The fourth-order valence-corrected chi connectivity index (χ4v) is 2.39. The molecular weight excluding hydrogens is 275 g/mol. The van der Waals surface area contributed by atoms with Crippen LogP contribution < -0.4 is 11.3 Å². The number of nitrogens with one attached hydrogen (secondary N) is 1. The van der Waals surface area contributed by atoms with Crippen LogP contribution in [0.4, 0.5) is 4.39 Å². The molecule has 2 nitrogen and oxygen atoms in total. The van der Waals surface area contributed by atoms with E-state index in [-0.39, 0.29) is 11.1 Å². The van der Waals surface area contributed by atoms with Crippen molar-refractivity contribution in [3.05, 3.63) is 70.0 Å². The molecule has 0 aromatic heterocycles. The van der Waals surface area contributed by atoms with Crippen molar-refractivity contribution >= 4 is 11.6 Å². The third-order valence-electron chi connectivity index (χ3n) is 3.45. The molecule has 1 atom stereocenters. The Kier molecular flexibility index (Phi) is 5.12. The number of rotatable bonds is 5. The summed E-state index contributed by atoms with van der Waals surface area (Å²) in [5.74, 6) is 5.22. The summed E-state index contributed by atoms with van der Waals surface area (Å²) >= 11 is 5.99. The number of hydrogen-bond donors (Lipinski definition) is 2. The van der Waals surface area contributed by atoms with Crippen LogP contribution in [0.25, 0.3) is 0 Å². The second-order valence-electron chi connectivity index (χ2n) is 4.73. The topological polar surface area (TPSA) is 38.0 Å². The predicted molar refractivity (Wildman–Crippen MR) is 81.0 cm³/mol. The highest BCUT2D eigenvalue weighted by Gasteiger charge is 2.14. The predicted octanol–water partition coefficient (Wildman–Crippen LogP) is 3.79. The Labute approximate surface area is 123 Å². The summed E-state index contributed by atoms with van der Waals surface area (Å²) in [4.78, 5) is 0. The minimum atomic E-state index is -0.402. The minimum absolute atomic E-state index is 0.0970. The second kappa shape index (κ2) is 6.84. The minimum Gasteiger partial charge on any atom is -0.271 e. The highest BCUT2D eigenvalue weighted by molar-refractivity contribution is 6.31. The highest BCUT2D eigenvalue weighted by Crippen LogP contribution is 2.25. The van der Waals surface area contributed by atoms with Crippen molar-refractivity contribution in [1.29, 1.82) is 0 Å². The number of benzene rings is 2. The average Bonchev–Trinajstić information content (AvgIpc) is 2.49. The Bertz CT molecular complexity index is 569. The second-order valence-corrected chi connectivity index (χ2v) is 5.11. The van der Waals surface area contributed by atoms with Gasteiger partial charge >= 0.3 is 0 Å². The molecule has 2 aromatic carbocycles. The summed E-state index contributed by atoms with van der Waals surface area (Å²) in [6.07, 6.45) is 1.54. The van der Waals surface area contributed by atoms with Crippen LogP contribution in [-0.4, -0.2) is 0 Å². The van der Waals surface area contributed by atoms with E-state index in [0.29, 0.717) is 6.42 Å². The van der Waals surface area contributed by atoms with Crippen molar-refractivity contribution < 1.29 is 4.39 Å². The molecule has 2 rings (SSSR count). The van der Waals surface area contributed by atoms with E-state index in [0.717, 1.165) is 17.5 Å². The van der Waals surface area contributed by atoms with E-state index in [2.05, 4.69) is 24.5 Å². The van der Waals surface area contributed by atoms with E-state index in [1.54, 1.807) is 6.07 Å². The Balaban J connectivity index is 2.21. The number of halogens is 2. The number of nitrogens with two attached hydrogens (primary N) is 1. The molecular formula is C16H18ClFN2. The molecule has 0 heterocycles. The Morgan fingerprint density at radius 2 is 1.90 bits per heavy atom. The van der Waals surface area contributed by atoms with Gasteiger partial charge in [-0.3, -0.25) is 11.3 Å². The largest absolute Gasteiger partial charge is 0.271 e. The van der Waals surface area contributed by atoms with E-state index < -0.39 is 5.82 Å². The summed E-state index contributed by atoms with van der Waals surface area (Å²) in [5, 5.41) is 0.165. The van der Waals surface area contributed by atoms with Crippen molar-refractivity contribution in [2.75, 3.05) is 0 Å². The lowest BCUT2D eigenvalue weighted by molar-refractivity contribution is 0.548. The summed E-state index contributed by atoms with van der Waals surface area (Å²) in [6, 6.07) is 13.0. The lowest BCUT2D eigenvalue weighted by atomic mass is 9.98. The van der Waals surface area contributed by atoms with Gasteiger partial charge in [0.15, 0.2) is 0 Å². The van der Waals surface area contributed by atoms with Crippen molar-refractivity contribution in [1.82, 2.24) is 5.43 Å². The van der Waals surface area contributed by atoms with Crippen LogP contribution >= 0.6 is 11.6 Å². The van der Waals surface area contributed by atoms with Crippen LogP contribution in [0.5, 0.6) is 0 Å². The normalized spacial score (nSPS) is 12.4. The molecule has 3 N–H and O–H groups in total. The third-order valence-corrected chi connectivity index (χ3v) is 3.87. The lowest BCUT2D eigenvalue weighted by Crippen LogP contribution is -2.29. The summed E-state index contributed by atoms with van der Waals surface area (Å²) in [5.41, 5.74) is 5.85. The Morgan fingerprint density at radius 3 is 2.50 bits per heavy atom. The van der Waals surface area contributed by atoms with E-state index >= 15 is 0 Å². The molecule has 0 saturated heterocycles. The van der Waals surface area contributed by atoms with Gasteiger partial charge in [0.2, 0.25) is 0 Å². The van der Waals surface area contributed by atoms with E-state index in [1.807, 2.05) is 18.2 Å². The first-order chi connectivity index (χ1) is 9.65. The first-order valence-corrected chi connectivity index (χ1v) is 7.01.